The standard InChI is InChI=1S/C26H24F6N4O3/c1-14-12-35(13-16-5-4-6-19(11-16)25(27,28)29)23-20(21(26(30,31)32)34-36(14)23)22(37)33-15(2)17-7-9-18(10-8-17)24(38)39-3/h4-11,14-15H,12-13H2,1-3H3,(H,33,37). The third-order valence-electron chi connectivity index (χ3n) is 6.39. The number of carbonyl (C=O) groups excluding carboxylic acids is 2. The van der Waals surface area contributed by atoms with Gasteiger partial charge in [-0.2, -0.15) is 31.4 Å². The molecular weight excluding hydrogens is 530 g/mol. The van der Waals surface area contributed by atoms with Gasteiger partial charge in [0.05, 0.1) is 30.3 Å². The van der Waals surface area contributed by atoms with Crippen molar-refractivity contribution < 1.29 is 40.7 Å². The van der Waals surface area contributed by atoms with Gasteiger partial charge >= 0.3 is 18.3 Å². The monoisotopic (exact) mass is 554 g/mol. The summed E-state index contributed by atoms with van der Waals surface area (Å²) in [5, 5.41) is 6.24. The van der Waals surface area contributed by atoms with Crippen molar-refractivity contribution in [1.29, 1.82) is 0 Å². The molecule has 0 aliphatic carbocycles. The van der Waals surface area contributed by atoms with Crippen LogP contribution in [-0.2, 0) is 23.6 Å². The summed E-state index contributed by atoms with van der Waals surface area (Å²) in [7, 11) is 1.22. The smallest absolute Gasteiger partial charge is 0.436 e. The number of carbonyl (C=O) groups is 2. The molecule has 1 N–H and O–H groups in total. The molecule has 1 amide bonds. The first-order valence-corrected chi connectivity index (χ1v) is 11.8. The predicted octanol–water partition coefficient (Wildman–Crippen LogP) is 5.78. The second-order valence-electron chi connectivity index (χ2n) is 9.23. The van der Waals surface area contributed by atoms with E-state index >= 15 is 0 Å². The number of nitrogens with zero attached hydrogens (tertiary/aromatic N) is 3. The highest BCUT2D eigenvalue weighted by atomic mass is 19.4. The van der Waals surface area contributed by atoms with Gasteiger partial charge in [0.1, 0.15) is 11.4 Å². The van der Waals surface area contributed by atoms with Crippen molar-refractivity contribution in [3.8, 4) is 0 Å². The highest BCUT2D eigenvalue weighted by Crippen LogP contribution is 2.41. The molecule has 2 unspecified atom stereocenters. The highest BCUT2D eigenvalue weighted by molar-refractivity contribution is 6.01. The Morgan fingerprint density at radius 1 is 1.08 bits per heavy atom. The molecule has 1 aromatic heterocycles. The highest BCUT2D eigenvalue weighted by Gasteiger charge is 2.45. The molecule has 208 valence electrons. The zero-order valence-corrected chi connectivity index (χ0v) is 21.0. The largest absolute Gasteiger partial charge is 0.465 e. The number of benzene rings is 2. The number of methoxy groups -OCH3 is 1. The lowest BCUT2D eigenvalue weighted by atomic mass is 10.1. The van der Waals surface area contributed by atoms with E-state index in [2.05, 4.69) is 15.2 Å². The Labute approximate surface area is 219 Å². The fourth-order valence-electron chi connectivity index (χ4n) is 4.51. The Bertz CT molecular complexity index is 1380. The SMILES string of the molecule is COC(=O)c1ccc(C(C)NC(=O)c2c(C(F)(F)F)nn3c2N(Cc2cccc(C(F)(F)F)c2)CC3C)cc1. The maximum absolute atomic E-state index is 14.0. The normalized spacial score (nSPS) is 16.1. The Kier molecular flexibility index (Phi) is 7.37. The molecule has 2 atom stereocenters. The summed E-state index contributed by atoms with van der Waals surface area (Å²) in [6, 6.07) is 9.14. The van der Waals surface area contributed by atoms with Crippen LogP contribution >= 0.6 is 0 Å². The van der Waals surface area contributed by atoms with Crippen molar-refractivity contribution in [2.75, 3.05) is 18.6 Å². The van der Waals surface area contributed by atoms with E-state index in [4.69, 9.17) is 0 Å². The van der Waals surface area contributed by atoms with E-state index in [1.54, 1.807) is 13.8 Å². The lowest BCUT2D eigenvalue weighted by molar-refractivity contribution is -0.142. The first kappa shape index (κ1) is 28.0. The molecule has 4 rings (SSSR count). The molecule has 3 aromatic rings. The number of esters is 1. The number of aromatic nitrogens is 2. The molecule has 2 aromatic carbocycles. The molecule has 1 aliphatic heterocycles. The number of alkyl halides is 6. The lowest BCUT2D eigenvalue weighted by Crippen LogP contribution is -2.31. The molecule has 0 fully saturated rings. The molecule has 0 spiro atoms. The van der Waals surface area contributed by atoms with Gasteiger partial charge in [-0.1, -0.05) is 24.3 Å². The van der Waals surface area contributed by atoms with Gasteiger partial charge < -0.3 is 15.0 Å². The molecule has 13 heteroatoms. The first-order chi connectivity index (χ1) is 18.2. The summed E-state index contributed by atoms with van der Waals surface area (Å²) in [6.07, 6.45) is -9.55. The van der Waals surface area contributed by atoms with Crippen LogP contribution in [-0.4, -0.2) is 35.3 Å². The fraction of sp³-hybridized carbons (Fsp3) is 0.346. The molecule has 1 aliphatic rings. The summed E-state index contributed by atoms with van der Waals surface area (Å²) in [6.45, 7) is 3.14. The van der Waals surface area contributed by atoms with Crippen LogP contribution in [0, 0.1) is 0 Å². The van der Waals surface area contributed by atoms with Gasteiger partial charge in [0.15, 0.2) is 5.69 Å². The molecule has 0 bridgehead atoms. The summed E-state index contributed by atoms with van der Waals surface area (Å²) < 4.78 is 87.3. The van der Waals surface area contributed by atoms with Crippen LogP contribution in [0.15, 0.2) is 48.5 Å². The number of anilines is 1. The van der Waals surface area contributed by atoms with Gasteiger partial charge in [-0.3, -0.25) is 4.79 Å². The van der Waals surface area contributed by atoms with Crippen LogP contribution in [0.2, 0.25) is 0 Å². The third-order valence-corrected chi connectivity index (χ3v) is 6.39. The quantitative estimate of drug-likeness (QED) is 0.309. The van der Waals surface area contributed by atoms with Crippen LogP contribution in [0.5, 0.6) is 0 Å². The summed E-state index contributed by atoms with van der Waals surface area (Å²) in [5.74, 6) is -1.74. The van der Waals surface area contributed by atoms with Crippen molar-refractivity contribution in [1.82, 2.24) is 15.1 Å². The average Bonchev–Trinajstić information content (AvgIpc) is 3.41. The molecule has 2 heterocycles. The van der Waals surface area contributed by atoms with Crippen LogP contribution in [0.4, 0.5) is 32.2 Å². The first-order valence-electron chi connectivity index (χ1n) is 11.8. The van der Waals surface area contributed by atoms with Gasteiger partial charge in [-0.15, -0.1) is 0 Å². The molecular formula is C26H24F6N4O3. The van der Waals surface area contributed by atoms with Gasteiger partial charge in [0, 0.05) is 13.1 Å². The van der Waals surface area contributed by atoms with E-state index in [-0.39, 0.29) is 30.0 Å². The van der Waals surface area contributed by atoms with E-state index in [0.29, 0.717) is 5.56 Å². The van der Waals surface area contributed by atoms with Crippen LogP contribution in [0.3, 0.4) is 0 Å². The summed E-state index contributed by atoms with van der Waals surface area (Å²) in [4.78, 5) is 26.4. The van der Waals surface area contributed by atoms with Crippen LogP contribution in [0.1, 0.15) is 69.0 Å². The van der Waals surface area contributed by atoms with Gasteiger partial charge in [-0.05, 0) is 49.2 Å². The predicted molar refractivity (Wildman–Crippen MR) is 128 cm³/mol. The van der Waals surface area contributed by atoms with Crippen molar-refractivity contribution in [3.05, 3.63) is 82.0 Å². The number of amides is 1. The topological polar surface area (TPSA) is 76.5 Å². The Morgan fingerprint density at radius 2 is 1.74 bits per heavy atom. The Morgan fingerprint density at radius 3 is 2.33 bits per heavy atom. The molecule has 0 radical (unpaired) electrons. The van der Waals surface area contributed by atoms with Gasteiger partial charge in [0.2, 0.25) is 0 Å². The molecule has 0 saturated carbocycles. The van der Waals surface area contributed by atoms with Crippen molar-refractivity contribution in [2.24, 2.45) is 0 Å². The third kappa shape index (κ3) is 5.71. The second kappa shape index (κ2) is 10.3. The minimum absolute atomic E-state index is 0.127. The Hall–Kier alpha value is -4.03. The van der Waals surface area contributed by atoms with E-state index < -0.39 is 53.1 Å². The fourth-order valence-corrected chi connectivity index (χ4v) is 4.51. The van der Waals surface area contributed by atoms with Crippen LogP contribution < -0.4 is 10.2 Å². The molecule has 0 saturated heterocycles. The van der Waals surface area contributed by atoms with Crippen molar-refractivity contribution >= 4 is 17.7 Å². The lowest BCUT2D eigenvalue weighted by Gasteiger charge is -2.21. The van der Waals surface area contributed by atoms with Crippen molar-refractivity contribution in [3.63, 3.8) is 0 Å². The number of hydrogen-bond donors (Lipinski definition) is 1. The summed E-state index contributed by atoms with van der Waals surface area (Å²) >= 11 is 0. The van der Waals surface area contributed by atoms with Crippen molar-refractivity contribution in [2.45, 2.75) is 44.8 Å². The molecule has 39 heavy (non-hydrogen) atoms. The number of nitrogens with one attached hydrogen (secondary N) is 1. The zero-order chi connectivity index (χ0) is 28.7. The number of fused-ring (bicyclic) bond motifs is 1. The number of halogens is 6. The summed E-state index contributed by atoms with van der Waals surface area (Å²) in [5.41, 5.74) is -2.00. The number of hydrogen-bond acceptors (Lipinski definition) is 5. The van der Waals surface area contributed by atoms with E-state index in [0.717, 1.165) is 16.8 Å². The van der Waals surface area contributed by atoms with E-state index in [9.17, 15) is 35.9 Å². The number of ether oxygens (including phenoxy) is 1. The zero-order valence-electron chi connectivity index (χ0n) is 21.0. The number of rotatable bonds is 6. The minimum atomic E-state index is -4.96. The van der Waals surface area contributed by atoms with Gasteiger partial charge in [0.25, 0.3) is 5.91 Å². The van der Waals surface area contributed by atoms with Crippen LogP contribution in [0.25, 0.3) is 0 Å². The average molecular weight is 554 g/mol. The van der Waals surface area contributed by atoms with E-state index in [1.807, 2.05) is 0 Å². The minimum Gasteiger partial charge on any atom is -0.465 e. The van der Waals surface area contributed by atoms with E-state index in [1.165, 1.54) is 48.4 Å². The maximum atomic E-state index is 14.0. The Balaban J connectivity index is 1.67. The second-order valence-corrected chi connectivity index (χ2v) is 9.23. The maximum Gasteiger partial charge on any atom is 0.436 e. The molecule has 7 nitrogen and oxygen atoms in total. The van der Waals surface area contributed by atoms with Gasteiger partial charge in [-0.25, -0.2) is 9.48 Å².